The Hall–Kier alpha value is -2.92. The Morgan fingerprint density at radius 1 is 0.359 bits per heavy atom. The molecule has 0 heterocycles. The second-order valence-corrected chi connectivity index (χ2v) is 17.7. The van der Waals surface area contributed by atoms with Crippen LogP contribution >= 0.6 is 0 Å². The molecule has 0 rings (SSSR count). The van der Waals surface area contributed by atoms with E-state index >= 15 is 0 Å². The maximum atomic E-state index is 12.8. The fourth-order valence-electron chi connectivity index (χ4n) is 7.36. The topological polar surface area (TPSA) is 61.8 Å². The van der Waals surface area contributed by atoms with E-state index in [0.29, 0.717) is 19.4 Å². The van der Waals surface area contributed by atoms with Crippen LogP contribution in [0.15, 0.2) is 85.1 Å². The van der Waals surface area contributed by atoms with Gasteiger partial charge in [-0.3, -0.25) is 9.59 Å². The first-order chi connectivity index (χ1) is 31.6. The van der Waals surface area contributed by atoms with E-state index in [1.54, 1.807) is 0 Å². The summed E-state index contributed by atoms with van der Waals surface area (Å²) in [5, 5.41) is 0. The van der Waals surface area contributed by atoms with Crippen LogP contribution in [0.25, 0.3) is 0 Å². The highest BCUT2D eigenvalue weighted by Gasteiger charge is 2.17. The van der Waals surface area contributed by atoms with Crippen LogP contribution in [0.4, 0.5) is 0 Å². The average Bonchev–Trinajstić information content (AvgIpc) is 3.30. The zero-order chi connectivity index (χ0) is 46.3. The molecule has 0 N–H and O–H groups in total. The van der Waals surface area contributed by atoms with E-state index in [2.05, 4.69) is 106 Å². The van der Waals surface area contributed by atoms with Crippen molar-refractivity contribution < 1.29 is 23.8 Å². The molecule has 0 saturated heterocycles. The lowest BCUT2D eigenvalue weighted by Gasteiger charge is -2.18. The smallest absolute Gasteiger partial charge is 0.306 e. The summed E-state index contributed by atoms with van der Waals surface area (Å²) in [6.07, 6.45) is 71.7. The van der Waals surface area contributed by atoms with E-state index < -0.39 is 6.10 Å². The number of ether oxygens (including phenoxy) is 3. The fourth-order valence-corrected chi connectivity index (χ4v) is 7.36. The number of rotatable bonds is 49. The first-order valence-electron chi connectivity index (χ1n) is 27.1. The summed E-state index contributed by atoms with van der Waals surface area (Å²) in [4.78, 5) is 25.4. The number of unbranched alkanes of at least 4 members (excludes halogenated alkanes) is 24. The maximum absolute atomic E-state index is 12.8. The number of hydrogen-bond donors (Lipinski definition) is 0. The van der Waals surface area contributed by atoms with Crippen molar-refractivity contribution in [2.45, 2.75) is 258 Å². The molecule has 0 aliphatic carbocycles. The van der Waals surface area contributed by atoms with Gasteiger partial charge in [0.15, 0.2) is 6.10 Å². The van der Waals surface area contributed by atoms with E-state index in [0.717, 1.165) is 103 Å². The molecule has 5 nitrogen and oxygen atoms in total. The molecule has 368 valence electrons. The quantitative estimate of drug-likeness (QED) is 0.0346. The van der Waals surface area contributed by atoms with Gasteiger partial charge in [0.2, 0.25) is 0 Å². The van der Waals surface area contributed by atoms with Gasteiger partial charge >= 0.3 is 11.9 Å². The van der Waals surface area contributed by atoms with Gasteiger partial charge in [0, 0.05) is 19.4 Å². The first-order valence-corrected chi connectivity index (χ1v) is 27.1. The molecule has 64 heavy (non-hydrogen) atoms. The maximum Gasteiger partial charge on any atom is 0.306 e. The Labute approximate surface area is 397 Å². The molecule has 0 saturated carbocycles. The van der Waals surface area contributed by atoms with Gasteiger partial charge in [0.1, 0.15) is 6.61 Å². The third-order valence-corrected chi connectivity index (χ3v) is 11.4. The average molecular weight is 891 g/mol. The molecule has 0 aromatic rings. The molecule has 0 aliphatic heterocycles. The molecule has 0 radical (unpaired) electrons. The third-order valence-electron chi connectivity index (χ3n) is 11.4. The molecule has 0 fully saturated rings. The number of carbonyl (C=O) groups is 2. The molecule has 0 amide bonds. The zero-order valence-electron chi connectivity index (χ0n) is 42.3. The number of carbonyl (C=O) groups excluding carboxylic acids is 2. The van der Waals surface area contributed by atoms with E-state index in [-0.39, 0.29) is 25.2 Å². The summed E-state index contributed by atoms with van der Waals surface area (Å²) in [7, 11) is 0. The Morgan fingerprint density at radius 3 is 1.20 bits per heavy atom. The summed E-state index contributed by atoms with van der Waals surface area (Å²) < 4.78 is 17.4. The van der Waals surface area contributed by atoms with Crippen molar-refractivity contribution in [3.63, 3.8) is 0 Å². The molecular weight excluding hydrogens is 789 g/mol. The van der Waals surface area contributed by atoms with Crippen molar-refractivity contribution in [3.8, 4) is 0 Å². The SMILES string of the molecule is CC/C=C\C/C=C\C/C=C\C/C=C\CCCCCOCC(COC(=O)CCCCCCCCCCC/C=C\CCCCCCCC)OC(=O)CCCCCCC/C=C\C/C=C\CCC. The lowest BCUT2D eigenvalue weighted by Crippen LogP contribution is -2.30. The monoisotopic (exact) mass is 891 g/mol. The van der Waals surface area contributed by atoms with Crippen LogP contribution < -0.4 is 0 Å². The lowest BCUT2D eigenvalue weighted by molar-refractivity contribution is -0.163. The standard InChI is InChI=1S/C59H102O5/c1-4-7-10-13-16-19-22-25-27-29-30-31-32-35-37-40-43-46-49-52-58(60)63-56-57(64-59(61)53-50-47-44-41-38-34-24-21-18-15-12-9-6-3)55-62-54-51-48-45-42-39-36-33-28-26-23-20-17-14-11-8-5-2/h8,11-12,15,17,20-21,24-28,36,39,57H,4-7,9-10,13-14,16,18-19,22-23,29-35,37-38,40-56H2,1-3H3/b11-8-,15-12-,20-17-,24-21-,27-25-,28-26-,39-36-. The van der Waals surface area contributed by atoms with Gasteiger partial charge in [0.05, 0.1) is 6.61 Å². The molecule has 0 aliphatic rings. The number of allylic oxidation sites excluding steroid dienone is 14. The summed E-state index contributed by atoms with van der Waals surface area (Å²) in [5.41, 5.74) is 0. The highest BCUT2D eigenvalue weighted by molar-refractivity contribution is 5.70. The van der Waals surface area contributed by atoms with Crippen molar-refractivity contribution in [2.24, 2.45) is 0 Å². The van der Waals surface area contributed by atoms with Gasteiger partial charge in [-0.25, -0.2) is 0 Å². The molecule has 0 spiro atoms. The molecular formula is C59H102O5. The van der Waals surface area contributed by atoms with Crippen LogP contribution in [-0.2, 0) is 23.8 Å². The fraction of sp³-hybridized carbons (Fsp3) is 0.729. The summed E-state index contributed by atoms with van der Waals surface area (Å²) >= 11 is 0. The predicted octanol–water partition coefficient (Wildman–Crippen LogP) is 18.5. The largest absolute Gasteiger partial charge is 0.462 e. The van der Waals surface area contributed by atoms with Crippen LogP contribution in [0.1, 0.15) is 252 Å². The summed E-state index contributed by atoms with van der Waals surface area (Å²) in [5.74, 6) is -0.432. The highest BCUT2D eigenvalue weighted by Crippen LogP contribution is 2.14. The Morgan fingerprint density at radius 2 is 0.734 bits per heavy atom. The van der Waals surface area contributed by atoms with Gasteiger partial charge in [-0.05, 0) is 109 Å². The molecule has 1 atom stereocenters. The van der Waals surface area contributed by atoms with Crippen molar-refractivity contribution in [1.82, 2.24) is 0 Å². The minimum Gasteiger partial charge on any atom is -0.462 e. The van der Waals surface area contributed by atoms with E-state index in [4.69, 9.17) is 14.2 Å². The molecule has 0 aromatic carbocycles. The van der Waals surface area contributed by atoms with Crippen molar-refractivity contribution in [1.29, 1.82) is 0 Å². The number of esters is 2. The molecule has 0 bridgehead atoms. The molecule has 5 heteroatoms. The normalized spacial score (nSPS) is 12.9. The zero-order valence-corrected chi connectivity index (χ0v) is 42.3. The Kier molecular flexibility index (Phi) is 51.9. The van der Waals surface area contributed by atoms with Crippen LogP contribution in [0.2, 0.25) is 0 Å². The molecule has 0 aromatic heterocycles. The summed E-state index contributed by atoms with van der Waals surface area (Å²) in [6.45, 7) is 7.57. The highest BCUT2D eigenvalue weighted by atomic mass is 16.6. The van der Waals surface area contributed by atoms with Gasteiger partial charge in [-0.1, -0.05) is 215 Å². The number of hydrogen-bond acceptors (Lipinski definition) is 5. The van der Waals surface area contributed by atoms with Crippen LogP contribution in [0, 0.1) is 0 Å². The van der Waals surface area contributed by atoms with Crippen LogP contribution in [0.5, 0.6) is 0 Å². The predicted molar refractivity (Wildman–Crippen MR) is 279 cm³/mol. The van der Waals surface area contributed by atoms with Gasteiger partial charge in [-0.2, -0.15) is 0 Å². The summed E-state index contributed by atoms with van der Waals surface area (Å²) in [6, 6.07) is 0. The van der Waals surface area contributed by atoms with Gasteiger partial charge < -0.3 is 14.2 Å². The molecule has 1 unspecified atom stereocenters. The van der Waals surface area contributed by atoms with Crippen molar-refractivity contribution >= 4 is 11.9 Å². The van der Waals surface area contributed by atoms with Crippen LogP contribution in [-0.4, -0.2) is 37.9 Å². The minimum absolute atomic E-state index is 0.0627. The van der Waals surface area contributed by atoms with Gasteiger partial charge in [0.25, 0.3) is 0 Å². The van der Waals surface area contributed by atoms with E-state index in [1.807, 2.05) is 0 Å². The van der Waals surface area contributed by atoms with Crippen LogP contribution in [0.3, 0.4) is 0 Å². The lowest BCUT2D eigenvalue weighted by atomic mass is 10.1. The van der Waals surface area contributed by atoms with Gasteiger partial charge in [-0.15, -0.1) is 0 Å². The van der Waals surface area contributed by atoms with E-state index in [9.17, 15) is 9.59 Å². The third kappa shape index (κ3) is 51.7. The first kappa shape index (κ1) is 61.1. The van der Waals surface area contributed by atoms with E-state index in [1.165, 1.54) is 116 Å². The van der Waals surface area contributed by atoms with Crippen molar-refractivity contribution in [2.75, 3.05) is 19.8 Å². The second kappa shape index (κ2) is 54.4. The Balaban J connectivity index is 4.31. The van der Waals surface area contributed by atoms with Crippen molar-refractivity contribution in [3.05, 3.63) is 85.1 Å². The second-order valence-electron chi connectivity index (χ2n) is 17.7. The Bertz CT molecular complexity index is 1190. The minimum atomic E-state index is -0.564.